The summed E-state index contributed by atoms with van der Waals surface area (Å²) in [6.07, 6.45) is 2.07. The Labute approximate surface area is 183 Å². The largest absolute Gasteiger partial charge is 0.450 e. The topological polar surface area (TPSA) is 109 Å². The standard InChI is InChI=1S/C19H29N5O3.HI/c1-3-27-19(26)24-11-8-16(9-12-24)23-18(20)22-10-7-14-5-4-6-15(13-14)17(25)21-2;/h4-6,13,16H,3,7-12H2,1-2H3,(H,21,25)(H3,20,22,23);1H. The summed E-state index contributed by atoms with van der Waals surface area (Å²) in [7, 11) is 1.61. The van der Waals surface area contributed by atoms with Crippen LogP contribution < -0.4 is 16.4 Å². The Bertz CT molecular complexity index is 675. The molecule has 0 unspecified atom stereocenters. The number of nitrogens with zero attached hydrogens (tertiary/aromatic N) is 2. The number of carbonyl (C=O) groups is 2. The number of nitrogens with two attached hydrogens (primary N) is 1. The molecule has 2 rings (SSSR count). The summed E-state index contributed by atoms with van der Waals surface area (Å²) >= 11 is 0. The zero-order chi connectivity index (χ0) is 19.6. The number of halogens is 1. The Morgan fingerprint density at radius 1 is 1.32 bits per heavy atom. The number of likely N-dealkylation sites (tertiary alicyclic amines) is 1. The molecule has 0 atom stereocenters. The predicted octanol–water partition coefficient (Wildman–Crippen LogP) is 1.73. The SMILES string of the molecule is CCOC(=O)N1CCC(NC(N)=NCCc2cccc(C(=O)NC)c2)CC1.I. The molecule has 4 N–H and O–H groups in total. The molecule has 1 heterocycles. The van der Waals surface area contributed by atoms with E-state index in [1.807, 2.05) is 18.2 Å². The molecule has 1 aromatic rings. The first kappa shape index (κ1) is 24.0. The van der Waals surface area contributed by atoms with Crippen LogP contribution in [0.1, 0.15) is 35.7 Å². The van der Waals surface area contributed by atoms with Crippen LogP contribution in [-0.4, -0.2) is 62.2 Å². The third-order valence-electron chi connectivity index (χ3n) is 4.47. The van der Waals surface area contributed by atoms with Gasteiger partial charge in [0.1, 0.15) is 0 Å². The van der Waals surface area contributed by atoms with E-state index < -0.39 is 0 Å². The Hall–Kier alpha value is -2.04. The molecule has 9 heteroatoms. The molecule has 0 aliphatic carbocycles. The van der Waals surface area contributed by atoms with Crippen LogP contribution in [-0.2, 0) is 11.2 Å². The van der Waals surface area contributed by atoms with E-state index in [9.17, 15) is 9.59 Å². The number of rotatable bonds is 6. The first-order valence-corrected chi connectivity index (χ1v) is 9.32. The van der Waals surface area contributed by atoms with Crippen LogP contribution in [0.4, 0.5) is 4.79 Å². The lowest BCUT2D eigenvalue weighted by atomic mass is 10.1. The summed E-state index contributed by atoms with van der Waals surface area (Å²) in [5, 5.41) is 5.84. The molecular weight excluding hydrogens is 473 g/mol. The monoisotopic (exact) mass is 503 g/mol. The highest BCUT2D eigenvalue weighted by Gasteiger charge is 2.23. The van der Waals surface area contributed by atoms with E-state index in [2.05, 4.69) is 15.6 Å². The van der Waals surface area contributed by atoms with Crippen LogP contribution in [0.2, 0.25) is 0 Å². The van der Waals surface area contributed by atoms with Crippen molar-refractivity contribution in [1.82, 2.24) is 15.5 Å². The van der Waals surface area contributed by atoms with Gasteiger partial charge in [-0.05, 0) is 43.9 Å². The minimum atomic E-state index is -0.253. The molecule has 156 valence electrons. The van der Waals surface area contributed by atoms with Gasteiger partial charge in [-0.1, -0.05) is 12.1 Å². The maximum Gasteiger partial charge on any atom is 0.409 e. The maximum absolute atomic E-state index is 11.7. The molecule has 1 aliphatic heterocycles. The lowest BCUT2D eigenvalue weighted by Gasteiger charge is -2.31. The van der Waals surface area contributed by atoms with Crippen molar-refractivity contribution in [2.45, 2.75) is 32.2 Å². The number of nitrogens with one attached hydrogen (secondary N) is 2. The van der Waals surface area contributed by atoms with E-state index in [1.54, 1.807) is 24.9 Å². The van der Waals surface area contributed by atoms with Gasteiger partial charge in [0.2, 0.25) is 0 Å². The van der Waals surface area contributed by atoms with Gasteiger partial charge < -0.3 is 26.0 Å². The van der Waals surface area contributed by atoms with Gasteiger partial charge in [0, 0.05) is 38.3 Å². The fourth-order valence-electron chi connectivity index (χ4n) is 2.99. The second kappa shape index (κ2) is 12.4. The van der Waals surface area contributed by atoms with Gasteiger partial charge in [0.15, 0.2) is 5.96 Å². The molecule has 2 amide bonds. The highest BCUT2D eigenvalue weighted by molar-refractivity contribution is 14.0. The summed E-state index contributed by atoms with van der Waals surface area (Å²) in [4.78, 5) is 29.5. The minimum Gasteiger partial charge on any atom is -0.450 e. The van der Waals surface area contributed by atoms with Gasteiger partial charge in [-0.15, -0.1) is 24.0 Å². The van der Waals surface area contributed by atoms with Crippen molar-refractivity contribution in [2.24, 2.45) is 10.7 Å². The molecule has 1 aromatic carbocycles. The Morgan fingerprint density at radius 2 is 2.04 bits per heavy atom. The normalized spacial score (nSPS) is 14.8. The number of piperidine rings is 1. The van der Waals surface area contributed by atoms with Gasteiger partial charge in [-0.2, -0.15) is 0 Å². The van der Waals surface area contributed by atoms with E-state index in [0.29, 0.717) is 44.2 Å². The van der Waals surface area contributed by atoms with Crippen molar-refractivity contribution >= 4 is 41.9 Å². The Kier molecular flexibility index (Phi) is 10.6. The molecule has 0 aromatic heterocycles. The highest BCUT2D eigenvalue weighted by atomic mass is 127. The Balaban J connectivity index is 0.00000392. The van der Waals surface area contributed by atoms with Crippen molar-refractivity contribution < 1.29 is 14.3 Å². The highest BCUT2D eigenvalue weighted by Crippen LogP contribution is 2.11. The summed E-state index contributed by atoms with van der Waals surface area (Å²) in [6, 6.07) is 7.68. The van der Waals surface area contributed by atoms with Gasteiger partial charge in [-0.3, -0.25) is 9.79 Å². The van der Waals surface area contributed by atoms with Crippen LogP contribution >= 0.6 is 24.0 Å². The van der Waals surface area contributed by atoms with Crippen LogP contribution in [0, 0.1) is 0 Å². The number of carbonyl (C=O) groups excluding carboxylic acids is 2. The van der Waals surface area contributed by atoms with Crippen molar-refractivity contribution in [3.05, 3.63) is 35.4 Å². The molecular formula is C19H30IN5O3. The summed E-state index contributed by atoms with van der Waals surface area (Å²) in [5.41, 5.74) is 7.65. The van der Waals surface area contributed by atoms with E-state index >= 15 is 0 Å². The van der Waals surface area contributed by atoms with Gasteiger partial charge in [-0.25, -0.2) is 4.79 Å². The molecule has 28 heavy (non-hydrogen) atoms. The van der Waals surface area contributed by atoms with Crippen LogP contribution in [0.25, 0.3) is 0 Å². The van der Waals surface area contributed by atoms with Crippen molar-refractivity contribution in [2.75, 3.05) is 33.3 Å². The molecule has 1 aliphatic rings. The average Bonchev–Trinajstić information content (AvgIpc) is 2.68. The molecule has 0 radical (unpaired) electrons. The minimum absolute atomic E-state index is 0. The van der Waals surface area contributed by atoms with Crippen molar-refractivity contribution in [1.29, 1.82) is 0 Å². The molecule has 0 spiro atoms. The van der Waals surface area contributed by atoms with Crippen molar-refractivity contribution in [3.63, 3.8) is 0 Å². The summed E-state index contributed by atoms with van der Waals surface area (Å²) in [5.74, 6) is 0.308. The zero-order valence-electron chi connectivity index (χ0n) is 16.4. The summed E-state index contributed by atoms with van der Waals surface area (Å²) in [6.45, 7) is 4.03. The number of ether oxygens (including phenoxy) is 1. The molecule has 1 fully saturated rings. The number of amides is 2. The van der Waals surface area contributed by atoms with E-state index in [4.69, 9.17) is 10.5 Å². The van der Waals surface area contributed by atoms with E-state index in [0.717, 1.165) is 18.4 Å². The first-order valence-electron chi connectivity index (χ1n) is 9.32. The van der Waals surface area contributed by atoms with E-state index in [1.165, 1.54) is 0 Å². The fourth-order valence-corrected chi connectivity index (χ4v) is 2.99. The second-order valence-corrected chi connectivity index (χ2v) is 6.40. The lowest BCUT2D eigenvalue weighted by molar-refractivity contribution is 0.0955. The van der Waals surface area contributed by atoms with Crippen LogP contribution in [0.3, 0.4) is 0 Å². The maximum atomic E-state index is 11.7. The predicted molar refractivity (Wildman–Crippen MR) is 120 cm³/mol. The fraction of sp³-hybridized carbons (Fsp3) is 0.526. The van der Waals surface area contributed by atoms with Gasteiger partial charge in [0.25, 0.3) is 5.91 Å². The second-order valence-electron chi connectivity index (χ2n) is 6.40. The average molecular weight is 503 g/mol. The molecule has 1 saturated heterocycles. The number of hydrogen-bond donors (Lipinski definition) is 3. The van der Waals surface area contributed by atoms with Crippen LogP contribution in [0.15, 0.2) is 29.3 Å². The number of aliphatic imine (C=N–C) groups is 1. The quantitative estimate of drug-likeness (QED) is 0.311. The van der Waals surface area contributed by atoms with E-state index in [-0.39, 0.29) is 42.0 Å². The third kappa shape index (κ3) is 7.53. The smallest absolute Gasteiger partial charge is 0.409 e. The molecule has 0 bridgehead atoms. The molecule has 0 saturated carbocycles. The zero-order valence-corrected chi connectivity index (χ0v) is 18.8. The third-order valence-corrected chi connectivity index (χ3v) is 4.47. The van der Waals surface area contributed by atoms with Crippen LogP contribution in [0.5, 0.6) is 0 Å². The number of guanidine groups is 1. The van der Waals surface area contributed by atoms with Crippen molar-refractivity contribution in [3.8, 4) is 0 Å². The lowest BCUT2D eigenvalue weighted by Crippen LogP contribution is -2.48. The summed E-state index contributed by atoms with van der Waals surface area (Å²) < 4.78 is 5.02. The Morgan fingerprint density at radius 3 is 2.68 bits per heavy atom. The number of benzene rings is 1. The first-order chi connectivity index (χ1) is 13.0. The van der Waals surface area contributed by atoms with Gasteiger partial charge >= 0.3 is 6.09 Å². The van der Waals surface area contributed by atoms with Gasteiger partial charge in [0.05, 0.1) is 6.61 Å². The number of hydrogen-bond acceptors (Lipinski definition) is 4. The molecule has 8 nitrogen and oxygen atoms in total.